The van der Waals surface area contributed by atoms with Gasteiger partial charge in [0.2, 0.25) is 5.91 Å². The molecule has 112 valence electrons. The summed E-state index contributed by atoms with van der Waals surface area (Å²) in [6, 6.07) is 0. The van der Waals surface area contributed by atoms with E-state index in [0.29, 0.717) is 5.92 Å². The first kappa shape index (κ1) is 16.5. The smallest absolute Gasteiger partial charge is 0.319 e. The minimum atomic E-state index is -4.31. The molecule has 0 atom stereocenters. The lowest BCUT2D eigenvalue weighted by Crippen LogP contribution is -2.38. The highest BCUT2D eigenvalue weighted by Gasteiger charge is 2.37. The second-order valence-electron chi connectivity index (χ2n) is 5.05. The molecule has 2 rings (SSSR count). The molecule has 1 amide bonds. The lowest BCUT2D eigenvalue weighted by Gasteiger charge is -2.27. The monoisotopic (exact) mass is 301 g/mol. The summed E-state index contributed by atoms with van der Waals surface area (Å²) in [5, 5.41) is 3.24. The Bertz CT molecular complexity index is 308. The van der Waals surface area contributed by atoms with Gasteiger partial charge in [-0.05, 0) is 31.8 Å². The number of nitrogens with one attached hydrogen (secondary N) is 1. The summed E-state index contributed by atoms with van der Waals surface area (Å²) in [4.78, 5) is 14.2. The van der Waals surface area contributed by atoms with Gasteiger partial charge in [-0.1, -0.05) is 0 Å². The molecule has 1 N–H and O–H groups in total. The third-order valence-corrected chi connectivity index (χ3v) is 3.43. The van der Waals surface area contributed by atoms with Gasteiger partial charge in [0, 0.05) is 6.54 Å². The third-order valence-electron chi connectivity index (χ3n) is 3.43. The molecule has 0 unspecified atom stereocenters. The zero-order chi connectivity index (χ0) is 13.2. The van der Waals surface area contributed by atoms with Crippen LogP contribution in [0.4, 0.5) is 13.2 Å². The molecule has 2 aliphatic rings. The molecular formula is C11H19ClF3N3O. The Morgan fingerprint density at radius 2 is 1.89 bits per heavy atom. The van der Waals surface area contributed by atoms with Crippen LogP contribution < -0.4 is 5.32 Å². The van der Waals surface area contributed by atoms with Crippen LogP contribution in [0.5, 0.6) is 0 Å². The van der Waals surface area contributed by atoms with Gasteiger partial charge in [-0.25, -0.2) is 0 Å². The number of amides is 1. The Morgan fingerprint density at radius 3 is 2.47 bits per heavy atom. The number of carbonyl (C=O) groups is 1. The van der Waals surface area contributed by atoms with Crippen molar-refractivity contribution in [2.75, 3.05) is 39.4 Å². The Balaban J connectivity index is 0.00000180. The summed E-state index contributed by atoms with van der Waals surface area (Å²) in [6.45, 7) is 1.75. The van der Waals surface area contributed by atoms with Crippen molar-refractivity contribution in [3.8, 4) is 0 Å². The van der Waals surface area contributed by atoms with Crippen LogP contribution in [0.15, 0.2) is 0 Å². The maximum absolute atomic E-state index is 12.2. The van der Waals surface area contributed by atoms with E-state index >= 15 is 0 Å². The molecule has 0 saturated carbocycles. The second kappa shape index (κ2) is 6.76. The molecule has 8 heteroatoms. The molecule has 0 aromatic heterocycles. The molecule has 19 heavy (non-hydrogen) atoms. The van der Waals surface area contributed by atoms with Gasteiger partial charge in [0.25, 0.3) is 0 Å². The highest BCUT2D eigenvalue weighted by Crippen LogP contribution is 2.21. The molecule has 2 fully saturated rings. The van der Waals surface area contributed by atoms with Crippen molar-refractivity contribution in [2.45, 2.75) is 19.0 Å². The molecule has 0 aromatic rings. The van der Waals surface area contributed by atoms with Crippen LogP contribution in [-0.2, 0) is 4.79 Å². The van der Waals surface area contributed by atoms with Crippen molar-refractivity contribution >= 4 is 18.3 Å². The van der Waals surface area contributed by atoms with Crippen LogP contribution in [0.2, 0.25) is 0 Å². The molecule has 2 heterocycles. The number of alkyl halides is 3. The Labute approximate surface area is 116 Å². The lowest BCUT2D eigenvalue weighted by atomic mass is 9.98. The van der Waals surface area contributed by atoms with Crippen molar-refractivity contribution in [3.63, 3.8) is 0 Å². The van der Waals surface area contributed by atoms with Crippen molar-refractivity contribution in [3.05, 3.63) is 0 Å². The fourth-order valence-corrected chi connectivity index (χ4v) is 2.57. The molecule has 0 radical (unpaired) electrons. The Kier molecular flexibility index (Phi) is 5.88. The Morgan fingerprint density at radius 1 is 1.26 bits per heavy atom. The number of hydrogen-bond acceptors (Lipinski definition) is 3. The summed E-state index contributed by atoms with van der Waals surface area (Å²) in [5.74, 6) is 0.0751. The number of halogens is 4. The van der Waals surface area contributed by atoms with Gasteiger partial charge in [0.1, 0.15) is 6.54 Å². The fraction of sp³-hybridized carbons (Fsp3) is 0.909. The normalized spacial score (nSPS) is 22.7. The van der Waals surface area contributed by atoms with E-state index in [9.17, 15) is 18.0 Å². The number of rotatable bonds is 3. The molecule has 0 aliphatic carbocycles. The van der Waals surface area contributed by atoms with E-state index in [0.717, 1.165) is 37.4 Å². The van der Waals surface area contributed by atoms with Crippen molar-refractivity contribution in [1.29, 1.82) is 0 Å². The Hall–Kier alpha value is -0.530. The van der Waals surface area contributed by atoms with E-state index in [4.69, 9.17) is 0 Å². The highest BCUT2D eigenvalue weighted by atomic mass is 35.5. The maximum Gasteiger partial charge on any atom is 0.406 e. The first-order valence-electron chi connectivity index (χ1n) is 6.21. The highest BCUT2D eigenvalue weighted by molar-refractivity contribution is 5.85. The van der Waals surface area contributed by atoms with Crippen molar-refractivity contribution < 1.29 is 18.0 Å². The molecule has 0 spiro atoms. The van der Waals surface area contributed by atoms with Gasteiger partial charge in [-0.15, -0.1) is 12.4 Å². The minimum Gasteiger partial charge on any atom is -0.319 e. The van der Waals surface area contributed by atoms with Crippen LogP contribution in [0.25, 0.3) is 0 Å². The van der Waals surface area contributed by atoms with Gasteiger partial charge in [0.05, 0.1) is 13.2 Å². The summed E-state index contributed by atoms with van der Waals surface area (Å²) in [7, 11) is 0. The van der Waals surface area contributed by atoms with E-state index in [-0.39, 0.29) is 25.6 Å². The quantitative estimate of drug-likeness (QED) is 0.847. The van der Waals surface area contributed by atoms with Crippen LogP contribution >= 0.6 is 12.4 Å². The molecule has 2 saturated heterocycles. The SMILES string of the molecule is Cl.O=C1CN(CC2CCNCC2)CN1CC(F)(F)F. The van der Waals surface area contributed by atoms with Crippen LogP contribution in [0.1, 0.15) is 12.8 Å². The first-order valence-corrected chi connectivity index (χ1v) is 6.21. The molecule has 0 bridgehead atoms. The summed E-state index contributed by atoms with van der Waals surface area (Å²) >= 11 is 0. The predicted octanol–water partition coefficient (Wildman–Crippen LogP) is 1.07. The molecule has 0 aromatic carbocycles. The maximum atomic E-state index is 12.2. The standard InChI is InChI=1S/C11H18F3N3O.ClH/c12-11(13,14)7-17-8-16(6-10(17)18)5-9-1-3-15-4-2-9;/h9,15H,1-8H2;1H. The van der Waals surface area contributed by atoms with E-state index < -0.39 is 18.6 Å². The molecular weight excluding hydrogens is 283 g/mol. The van der Waals surface area contributed by atoms with Crippen molar-refractivity contribution in [2.24, 2.45) is 5.92 Å². The largest absolute Gasteiger partial charge is 0.406 e. The second-order valence-corrected chi connectivity index (χ2v) is 5.05. The first-order chi connectivity index (χ1) is 8.44. The number of piperidine rings is 1. The summed E-state index contributed by atoms with van der Waals surface area (Å²) < 4.78 is 36.7. The average molecular weight is 302 g/mol. The molecule has 4 nitrogen and oxygen atoms in total. The van der Waals surface area contributed by atoms with Crippen molar-refractivity contribution in [1.82, 2.24) is 15.1 Å². The van der Waals surface area contributed by atoms with E-state index in [1.54, 1.807) is 0 Å². The van der Waals surface area contributed by atoms with Crippen LogP contribution in [0, 0.1) is 5.92 Å². The topological polar surface area (TPSA) is 35.6 Å². The zero-order valence-electron chi connectivity index (χ0n) is 10.6. The average Bonchev–Trinajstić information content (AvgIpc) is 2.58. The minimum absolute atomic E-state index is 0. The predicted molar refractivity (Wildman–Crippen MR) is 67.0 cm³/mol. The van der Waals surface area contributed by atoms with E-state index in [2.05, 4.69) is 5.32 Å². The lowest BCUT2D eigenvalue weighted by molar-refractivity contribution is -0.157. The van der Waals surface area contributed by atoms with Gasteiger partial charge in [-0.3, -0.25) is 9.69 Å². The number of nitrogens with zero attached hydrogens (tertiary/aromatic N) is 2. The van der Waals surface area contributed by atoms with Gasteiger partial charge in [-0.2, -0.15) is 13.2 Å². The fourth-order valence-electron chi connectivity index (χ4n) is 2.57. The van der Waals surface area contributed by atoms with E-state index in [1.165, 1.54) is 0 Å². The third kappa shape index (κ3) is 5.16. The number of carbonyl (C=O) groups excluding carboxylic acids is 1. The van der Waals surface area contributed by atoms with Crippen LogP contribution in [-0.4, -0.2) is 61.3 Å². The van der Waals surface area contributed by atoms with Crippen LogP contribution in [0.3, 0.4) is 0 Å². The van der Waals surface area contributed by atoms with Gasteiger partial charge < -0.3 is 10.2 Å². The van der Waals surface area contributed by atoms with E-state index in [1.807, 2.05) is 4.90 Å². The summed E-state index contributed by atoms with van der Waals surface area (Å²) in [5.41, 5.74) is 0. The summed E-state index contributed by atoms with van der Waals surface area (Å²) in [6.07, 6.45) is -2.24. The molecule has 2 aliphatic heterocycles. The van der Waals surface area contributed by atoms with Gasteiger partial charge in [0.15, 0.2) is 0 Å². The number of hydrogen-bond donors (Lipinski definition) is 1. The van der Waals surface area contributed by atoms with Gasteiger partial charge >= 0.3 is 6.18 Å². The zero-order valence-corrected chi connectivity index (χ0v) is 11.4.